The number of alkyl halides is 1. The summed E-state index contributed by atoms with van der Waals surface area (Å²) in [4.78, 5) is 27.9. The highest BCUT2D eigenvalue weighted by Crippen LogP contribution is 2.40. The molecular weight excluding hydrogens is 288 g/mol. The summed E-state index contributed by atoms with van der Waals surface area (Å²) in [6.07, 6.45) is 4.75. The summed E-state index contributed by atoms with van der Waals surface area (Å²) in [5.74, 6) is 1.28. The Hall–Kier alpha value is -1.55. The molecule has 1 fully saturated rings. The molecule has 4 nitrogen and oxygen atoms in total. The van der Waals surface area contributed by atoms with Gasteiger partial charge in [-0.25, -0.2) is 0 Å². The predicted octanol–water partition coefficient (Wildman–Crippen LogP) is 3.32. The van der Waals surface area contributed by atoms with Crippen LogP contribution in [0.2, 0.25) is 0 Å². The van der Waals surface area contributed by atoms with Gasteiger partial charge in [0.25, 0.3) is 0 Å². The van der Waals surface area contributed by atoms with E-state index >= 15 is 0 Å². The summed E-state index contributed by atoms with van der Waals surface area (Å²) in [7, 11) is 0. The number of hydrogen-bond donors (Lipinski definition) is 2. The van der Waals surface area contributed by atoms with Gasteiger partial charge in [-0.15, -0.1) is 11.6 Å². The summed E-state index contributed by atoms with van der Waals surface area (Å²) in [6, 6.07) is 5.62. The number of aromatic nitrogens is 2. The van der Waals surface area contributed by atoms with Crippen LogP contribution in [0.3, 0.4) is 0 Å². The van der Waals surface area contributed by atoms with Gasteiger partial charge in [0.05, 0.1) is 16.4 Å². The van der Waals surface area contributed by atoms with Crippen molar-refractivity contribution in [2.24, 2.45) is 11.8 Å². The van der Waals surface area contributed by atoms with Gasteiger partial charge < -0.3 is 9.97 Å². The fraction of sp³-hybridized carbons (Fsp3) is 0.500. The van der Waals surface area contributed by atoms with Gasteiger partial charge in [-0.3, -0.25) is 9.59 Å². The lowest BCUT2D eigenvalue weighted by molar-refractivity contribution is 0.283. The molecule has 2 aromatic rings. The van der Waals surface area contributed by atoms with Crippen LogP contribution in [-0.2, 0) is 0 Å². The fourth-order valence-corrected chi connectivity index (χ4v) is 3.54. The SMILES string of the molecule is CC1CCC(C(Cl)c2ccc3[nH]c(=O)c(=O)[nH]c3c2)CC1. The average Bonchev–Trinajstić information content (AvgIpc) is 2.48. The highest BCUT2D eigenvalue weighted by atomic mass is 35.5. The molecule has 0 saturated heterocycles. The molecular formula is C16H19ClN2O2. The van der Waals surface area contributed by atoms with Gasteiger partial charge >= 0.3 is 11.1 Å². The standard InChI is InChI=1S/C16H19ClN2O2/c1-9-2-4-10(5-3-9)14(17)11-6-7-12-13(8-11)19-16(21)15(20)18-12/h6-10,14H,2-5H2,1H3,(H,18,20)(H,19,21). The third-order valence-electron chi connectivity index (χ3n) is 4.54. The van der Waals surface area contributed by atoms with E-state index in [1.807, 2.05) is 18.2 Å². The average molecular weight is 307 g/mol. The molecule has 0 aliphatic heterocycles. The van der Waals surface area contributed by atoms with Crippen LogP contribution in [0.5, 0.6) is 0 Å². The Labute approximate surface area is 127 Å². The molecule has 0 radical (unpaired) electrons. The summed E-state index contributed by atoms with van der Waals surface area (Å²) in [5, 5.41) is -0.0441. The van der Waals surface area contributed by atoms with E-state index in [4.69, 9.17) is 11.6 Å². The topological polar surface area (TPSA) is 65.7 Å². The van der Waals surface area contributed by atoms with Crippen molar-refractivity contribution in [3.8, 4) is 0 Å². The first kappa shape index (κ1) is 14.4. The Morgan fingerprint density at radius 1 is 1.05 bits per heavy atom. The van der Waals surface area contributed by atoms with Gasteiger partial charge in [-0.05, 0) is 42.4 Å². The first-order valence-electron chi connectivity index (χ1n) is 7.45. The van der Waals surface area contributed by atoms with Crippen molar-refractivity contribution < 1.29 is 0 Å². The minimum atomic E-state index is -0.628. The van der Waals surface area contributed by atoms with Crippen LogP contribution < -0.4 is 11.1 Å². The maximum Gasteiger partial charge on any atom is 0.314 e. The number of aromatic amines is 2. The Bertz CT molecular complexity index is 757. The summed E-state index contributed by atoms with van der Waals surface area (Å²) >= 11 is 6.64. The fourth-order valence-electron chi connectivity index (χ4n) is 3.15. The van der Waals surface area contributed by atoms with Crippen molar-refractivity contribution in [1.29, 1.82) is 0 Å². The smallest absolute Gasteiger partial charge is 0.314 e. The Morgan fingerprint density at radius 3 is 2.33 bits per heavy atom. The van der Waals surface area contributed by atoms with Gasteiger partial charge in [0.1, 0.15) is 0 Å². The molecule has 0 spiro atoms. The lowest BCUT2D eigenvalue weighted by Gasteiger charge is -2.29. The lowest BCUT2D eigenvalue weighted by Crippen LogP contribution is -2.29. The minimum absolute atomic E-state index is 0.0441. The number of nitrogens with one attached hydrogen (secondary N) is 2. The largest absolute Gasteiger partial charge is 0.316 e. The molecule has 1 unspecified atom stereocenters. The molecule has 21 heavy (non-hydrogen) atoms. The van der Waals surface area contributed by atoms with Crippen molar-refractivity contribution in [1.82, 2.24) is 9.97 Å². The van der Waals surface area contributed by atoms with Gasteiger partial charge in [0, 0.05) is 0 Å². The van der Waals surface area contributed by atoms with Gasteiger partial charge in [-0.1, -0.05) is 25.8 Å². The molecule has 3 rings (SSSR count). The molecule has 112 valence electrons. The maximum absolute atomic E-state index is 11.4. The van der Waals surface area contributed by atoms with Crippen LogP contribution in [0.1, 0.15) is 43.5 Å². The normalized spacial score (nSPS) is 24.1. The zero-order valence-corrected chi connectivity index (χ0v) is 12.7. The van der Waals surface area contributed by atoms with Crippen LogP contribution >= 0.6 is 11.6 Å². The number of fused-ring (bicyclic) bond motifs is 1. The minimum Gasteiger partial charge on any atom is -0.316 e. The number of H-pyrrole nitrogens is 2. The first-order valence-corrected chi connectivity index (χ1v) is 7.88. The van der Waals surface area contributed by atoms with E-state index in [-0.39, 0.29) is 5.38 Å². The van der Waals surface area contributed by atoms with Crippen molar-refractivity contribution in [3.63, 3.8) is 0 Å². The second-order valence-corrected chi connectivity index (χ2v) is 6.61. The molecule has 1 aliphatic rings. The van der Waals surface area contributed by atoms with Crippen LogP contribution in [-0.4, -0.2) is 9.97 Å². The number of rotatable bonds is 2. The van der Waals surface area contributed by atoms with Crippen LogP contribution in [0.4, 0.5) is 0 Å². The van der Waals surface area contributed by atoms with E-state index in [1.165, 1.54) is 12.8 Å². The van der Waals surface area contributed by atoms with Gasteiger partial charge in [0.15, 0.2) is 0 Å². The van der Waals surface area contributed by atoms with E-state index < -0.39 is 11.1 Å². The zero-order chi connectivity index (χ0) is 15.0. The van der Waals surface area contributed by atoms with E-state index in [9.17, 15) is 9.59 Å². The van der Waals surface area contributed by atoms with E-state index in [0.717, 1.165) is 24.3 Å². The van der Waals surface area contributed by atoms with E-state index in [1.54, 1.807) is 0 Å². The summed E-state index contributed by atoms with van der Waals surface area (Å²) < 4.78 is 0. The number of benzene rings is 1. The number of hydrogen-bond acceptors (Lipinski definition) is 2. The Balaban J connectivity index is 1.91. The predicted molar refractivity (Wildman–Crippen MR) is 84.9 cm³/mol. The maximum atomic E-state index is 11.4. The highest BCUT2D eigenvalue weighted by Gasteiger charge is 2.25. The van der Waals surface area contributed by atoms with Gasteiger partial charge in [-0.2, -0.15) is 0 Å². The van der Waals surface area contributed by atoms with Crippen molar-refractivity contribution >= 4 is 22.6 Å². The third-order valence-corrected chi connectivity index (χ3v) is 5.15. The molecule has 1 aromatic carbocycles. The third kappa shape index (κ3) is 2.91. The molecule has 2 N–H and O–H groups in total. The molecule has 1 aromatic heterocycles. The molecule has 1 saturated carbocycles. The van der Waals surface area contributed by atoms with Crippen LogP contribution in [0, 0.1) is 11.8 Å². The number of halogens is 1. The monoisotopic (exact) mass is 306 g/mol. The molecule has 5 heteroatoms. The van der Waals surface area contributed by atoms with Crippen LogP contribution in [0.15, 0.2) is 27.8 Å². The molecule has 1 atom stereocenters. The molecule has 1 aliphatic carbocycles. The highest BCUT2D eigenvalue weighted by molar-refractivity contribution is 6.21. The zero-order valence-electron chi connectivity index (χ0n) is 12.0. The Kier molecular flexibility index (Phi) is 3.89. The quantitative estimate of drug-likeness (QED) is 0.660. The van der Waals surface area contributed by atoms with Gasteiger partial charge in [0.2, 0.25) is 0 Å². The van der Waals surface area contributed by atoms with E-state index in [0.29, 0.717) is 17.0 Å². The lowest BCUT2D eigenvalue weighted by atomic mass is 9.80. The second kappa shape index (κ2) is 5.68. The second-order valence-electron chi connectivity index (χ2n) is 6.13. The first-order chi connectivity index (χ1) is 10.0. The summed E-state index contributed by atoms with van der Waals surface area (Å²) in [6.45, 7) is 2.29. The van der Waals surface area contributed by atoms with Crippen molar-refractivity contribution in [2.75, 3.05) is 0 Å². The summed E-state index contributed by atoms with van der Waals surface area (Å²) in [5.41, 5.74) is 1.01. The van der Waals surface area contributed by atoms with Crippen molar-refractivity contribution in [2.45, 2.75) is 38.0 Å². The molecule has 0 amide bonds. The van der Waals surface area contributed by atoms with E-state index in [2.05, 4.69) is 16.9 Å². The van der Waals surface area contributed by atoms with Crippen LogP contribution in [0.25, 0.3) is 11.0 Å². The molecule has 1 heterocycles. The molecule has 0 bridgehead atoms. The van der Waals surface area contributed by atoms with Crippen molar-refractivity contribution in [3.05, 3.63) is 44.5 Å². The Morgan fingerprint density at radius 2 is 1.67 bits per heavy atom.